The molecule has 0 fully saturated rings. The zero-order valence-corrected chi connectivity index (χ0v) is 12.2. The summed E-state index contributed by atoms with van der Waals surface area (Å²) in [5.41, 5.74) is 6.69. The van der Waals surface area contributed by atoms with Gasteiger partial charge in [-0.15, -0.1) is 0 Å². The van der Waals surface area contributed by atoms with Crippen LogP contribution in [0.1, 0.15) is 0 Å². The lowest BCUT2D eigenvalue weighted by molar-refractivity contribution is 0.488. The second-order valence-electron chi connectivity index (χ2n) is 4.13. The highest BCUT2D eigenvalue weighted by molar-refractivity contribution is 14.1. The monoisotopic (exact) mass is 362 g/mol. The van der Waals surface area contributed by atoms with Crippen molar-refractivity contribution in [2.24, 2.45) is 0 Å². The molecule has 3 aromatic rings. The van der Waals surface area contributed by atoms with Gasteiger partial charge in [0.05, 0.1) is 0 Å². The molecule has 0 aliphatic heterocycles. The summed E-state index contributed by atoms with van der Waals surface area (Å²) in [6, 6.07) is 13.5. The lowest BCUT2D eigenvalue weighted by atomic mass is 10.1. The second kappa shape index (κ2) is 5.05. The molecular weight excluding hydrogens is 351 g/mol. The predicted octanol–water partition coefficient (Wildman–Crippen LogP) is 4.21. The van der Waals surface area contributed by atoms with Gasteiger partial charge in [-0.3, -0.25) is 4.98 Å². The van der Waals surface area contributed by atoms with Crippen LogP contribution in [0.2, 0.25) is 0 Å². The van der Waals surface area contributed by atoms with E-state index in [-0.39, 0.29) is 0 Å². The zero-order valence-electron chi connectivity index (χ0n) is 10.0. The van der Waals surface area contributed by atoms with Crippen molar-refractivity contribution in [1.82, 2.24) is 4.98 Å². The molecule has 0 saturated heterocycles. The molecule has 3 rings (SSSR count). The molecule has 2 aromatic carbocycles. The Labute approximate surface area is 124 Å². The normalized spacial score (nSPS) is 10.6. The van der Waals surface area contributed by atoms with Gasteiger partial charge in [0.1, 0.15) is 11.5 Å². The van der Waals surface area contributed by atoms with E-state index in [4.69, 9.17) is 10.5 Å². The first-order chi connectivity index (χ1) is 9.24. The van der Waals surface area contributed by atoms with Crippen molar-refractivity contribution in [3.63, 3.8) is 0 Å². The Morgan fingerprint density at radius 1 is 1.05 bits per heavy atom. The quantitative estimate of drug-likeness (QED) is 0.549. The van der Waals surface area contributed by atoms with Gasteiger partial charge in [-0.1, -0.05) is 6.07 Å². The van der Waals surface area contributed by atoms with E-state index in [1.54, 1.807) is 12.4 Å². The number of hydrogen-bond acceptors (Lipinski definition) is 3. The first-order valence-corrected chi connectivity index (χ1v) is 6.87. The average molecular weight is 362 g/mol. The summed E-state index contributed by atoms with van der Waals surface area (Å²) in [5, 5.41) is 1.87. The fourth-order valence-corrected chi connectivity index (χ4v) is 2.45. The Morgan fingerprint density at radius 3 is 2.79 bits per heavy atom. The van der Waals surface area contributed by atoms with Crippen molar-refractivity contribution < 1.29 is 4.74 Å². The number of halogens is 1. The highest BCUT2D eigenvalue weighted by atomic mass is 127. The highest BCUT2D eigenvalue weighted by Gasteiger charge is 2.06. The van der Waals surface area contributed by atoms with Crippen molar-refractivity contribution in [2.45, 2.75) is 0 Å². The number of aromatic nitrogens is 1. The maximum absolute atomic E-state index is 5.96. The molecule has 0 aliphatic carbocycles. The van der Waals surface area contributed by atoms with Crippen LogP contribution in [0.4, 0.5) is 5.69 Å². The molecule has 0 amide bonds. The lowest BCUT2D eigenvalue weighted by Crippen LogP contribution is -1.91. The van der Waals surface area contributed by atoms with Gasteiger partial charge in [0.2, 0.25) is 0 Å². The maximum Gasteiger partial charge on any atom is 0.136 e. The smallest absolute Gasteiger partial charge is 0.136 e. The van der Waals surface area contributed by atoms with E-state index in [0.717, 1.165) is 31.5 Å². The van der Waals surface area contributed by atoms with Crippen LogP contribution in [0.15, 0.2) is 54.9 Å². The van der Waals surface area contributed by atoms with Crippen LogP contribution in [-0.4, -0.2) is 4.98 Å². The van der Waals surface area contributed by atoms with Crippen LogP contribution in [0.3, 0.4) is 0 Å². The van der Waals surface area contributed by atoms with Gasteiger partial charge in [0.25, 0.3) is 0 Å². The molecule has 1 aromatic heterocycles. The summed E-state index contributed by atoms with van der Waals surface area (Å²) >= 11 is 2.26. The van der Waals surface area contributed by atoms with Crippen LogP contribution < -0.4 is 10.5 Å². The van der Waals surface area contributed by atoms with E-state index >= 15 is 0 Å². The summed E-state index contributed by atoms with van der Waals surface area (Å²) in [5.74, 6) is 1.57. The van der Waals surface area contributed by atoms with Crippen LogP contribution in [0.25, 0.3) is 10.8 Å². The molecule has 94 valence electrons. The predicted molar refractivity (Wildman–Crippen MR) is 85.4 cm³/mol. The Balaban J connectivity index is 2.09. The summed E-state index contributed by atoms with van der Waals surface area (Å²) in [6.07, 6.45) is 3.50. The molecule has 4 heteroatoms. The third kappa shape index (κ3) is 2.49. The van der Waals surface area contributed by atoms with E-state index in [9.17, 15) is 0 Å². The molecule has 0 saturated carbocycles. The van der Waals surface area contributed by atoms with Crippen molar-refractivity contribution in [3.05, 3.63) is 58.4 Å². The van der Waals surface area contributed by atoms with E-state index in [1.807, 2.05) is 42.5 Å². The molecular formula is C15H11IN2O. The topological polar surface area (TPSA) is 48.1 Å². The molecule has 0 bridgehead atoms. The second-order valence-corrected chi connectivity index (χ2v) is 5.38. The first kappa shape index (κ1) is 12.2. The molecule has 0 spiro atoms. The number of benzene rings is 2. The number of nitrogen functional groups attached to an aromatic ring is 1. The number of rotatable bonds is 2. The minimum absolute atomic E-state index is 0.729. The number of nitrogens with zero attached hydrogens (tertiary/aromatic N) is 1. The highest BCUT2D eigenvalue weighted by Crippen LogP contribution is 2.32. The Hall–Kier alpha value is -1.82. The fraction of sp³-hybridized carbons (Fsp3) is 0. The van der Waals surface area contributed by atoms with Crippen molar-refractivity contribution >= 4 is 39.1 Å². The standard InChI is InChI=1S/C15H11IN2O/c16-10-2-1-3-11(8-10)19-15-5-4-14(17)12-6-7-18-9-13(12)15/h1-9H,17H2. The molecule has 0 radical (unpaired) electrons. The third-order valence-electron chi connectivity index (χ3n) is 2.84. The SMILES string of the molecule is Nc1ccc(Oc2cccc(I)c2)c2cnccc12. The van der Waals surface area contributed by atoms with Crippen molar-refractivity contribution in [1.29, 1.82) is 0 Å². The van der Waals surface area contributed by atoms with Gasteiger partial charge in [-0.05, 0) is 59.0 Å². The Kier molecular flexibility index (Phi) is 3.25. The molecule has 3 nitrogen and oxygen atoms in total. The van der Waals surface area contributed by atoms with Gasteiger partial charge >= 0.3 is 0 Å². The Morgan fingerprint density at radius 2 is 1.95 bits per heavy atom. The minimum Gasteiger partial charge on any atom is -0.457 e. The van der Waals surface area contributed by atoms with Crippen LogP contribution in [0.5, 0.6) is 11.5 Å². The van der Waals surface area contributed by atoms with Gasteiger partial charge in [0.15, 0.2) is 0 Å². The van der Waals surface area contributed by atoms with Crippen molar-refractivity contribution in [2.75, 3.05) is 5.73 Å². The average Bonchev–Trinajstić information content (AvgIpc) is 2.42. The number of anilines is 1. The van der Waals surface area contributed by atoms with Gasteiger partial charge in [-0.2, -0.15) is 0 Å². The van der Waals surface area contributed by atoms with E-state index in [1.165, 1.54) is 0 Å². The zero-order chi connectivity index (χ0) is 13.2. The van der Waals surface area contributed by atoms with Crippen molar-refractivity contribution in [3.8, 4) is 11.5 Å². The lowest BCUT2D eigenvalue weighted by Gasteiger charge is -2.10. The molecule has 0 aliphatic rings. The first-order valence-electron chi connectivity index (χ1n) is 5.80. The van der Waals surface area contributed by atoms with Crippen LogP contribution in [0, 0.1) is 3.57 Å². The summed E-state index contributed by atoms with van der Waals surface area (Å²) in [4.78, 5) is 4.14. The number of ether oxygens (including phenoxy) is 1. The molecule has 0 atom stereocenters. The minimum atomic E-state index is 0.729. The third-order valence-corrected chi connectivity index (χ3v) is 3.51. The molecule has 19 heavy (non-hydrogen) atoms. The number of nitrogens with two attached hydrogens (primary N) is 1. The van der Waals surface area contributed by atoms with Gasteiger partial charge in [0, 0.05) is 32.4 Å². The van der Waals surface area contributed by atoms with Gasteiger partial charge < -0.3 is 10.5 Å². The van der Waals surface area contributed by atoms with E-state index < -0.39 is 0 Å². The molecule has 1 heterocycles. The maximum atomic E-state index is 5.96. The Bertz CT molecular complexity index is 743. The van der Waals surface area contributed by atoms with E-state index in [2.05, 4.69) is 27.6 Å². The molecule has 0 unspecified atom stereocenters. The van der Waals surface area contributed by atoms with Crippen LogP contribution >= 0.6 is 22.6 Å². The summed E-state index contributed by atoms with van der Waals surface area (Å²) in [6.45, 7) is 0. The number of hydrogen-bond donors (Lipinski definition) is 1. The molecule has 2 N–H and O–H groups in total. The van der Waals surface area contributed by atoms with Gasteiger partial charge in [-0.25, -0.2) is 0 Å². The number of pyridine rings is 1. The summed E-state index contributed by atoms with van der Waals surface area (Å²) in [7, 11) is 0. The van der Waals surface area contributed by atoms with Crippen LogP contribution in [-0.2, 0) is 0 Å². The largest absolute Gasteiger partial charge is 0.457 e. The fourth-order valence-electron chi connectivity index (χ4n) is 1.93. The summed E-state index contributed by atoms with van der Waals surface area (Å²) < 4.78 is 7.06. The van der Waals surface area contributed by atoms with E-state index in [0.29, 0.717) is 0 Å². The number of fused-ring (bicyclic) bond motifs is 1.